The Kier molecular flexibility index (Phi) is 7.71. The molecule has 8 heteroatoms. The van der Waals surface area contributed by atoms with Gasteiger partial charge in [0, 0.05) is 17.1 Å². The first kappa shape index (κ1) is 23.6. The summed E-state index contributed by atoms with van der Waals surface area (Å²) in [7, 11) is -3.71. The smallest absolute Gasteiger partial charge is 0.261 e. The number of thiocarbonyl (C=S) groups is 1. The third-order valence-corrected chi connectivity index (χ3v) is 6.28. The molecule has 0 aliphatic heterocycles. The van der Waals surface area contributed by atoms with Crippen molar-refractivity contribution in [3.63, 3.8) is 0 Å². The summed E-state index contributed by atoms with van der Waals surface area (Å²) in [6, 6.07) is 21.2. The van der Waals surface area contributed by atoms with Crippen LogP contribution in [0.15, 0.2) is 77.7 Å². The summed E-state index contributed by atoms with van der Waals surface area (Å²) in [6.07, 6.45) is 0. The molecular formula is C24H27N3O3S2. The normalized spacial score (nSPS) is 11.1. The van der Waals surface area contributed by atoms with E-state index < -0.39 is 10.0 Å². The van der Waals surface area contributed by atoms with Crippen molar-refractivity contribution < 1.29 is 13.2 Å². The molecule has 32 heavy (non-hydrogen) atoms. The molecule has 0 unspecified atom stereocenters. The van der Waals surface area contributed by atoms with Gasteiger partial charge in [-0.25, -0.2) is 8.42 Å². The molecule has 0 saturated carbocycles. The minimum atomic E-state index is -3.71. The Morgan fingerprint density at radius 2 is 1.34 bits per heavy atom. The fourth-order valence-corrected chi connectivity index (χ4v) is 4.26. The van der Waals surface area contributed by atoms with Crippen LogP contribution in [0.3, 0.4) is 0 Å². The van der Waals surface area contributed by atoms with Crippen LogP contribution >= 0.6 is 12.2 Å². The van der Waals surface area contributed by atoms with Crippen molar-refractivity contribution in [1.29, 1.82) is 0 Å². The lowest BCUT2D eigenvalue weighted by Gasteiger charge is -2.13. The average molecular weight is 470 g/mol. The van der Waals surface area contributed by atoms with Gasteiger partial charge in [0.25, 0.3) is 10.0 Å². The van der Waals surface area contributed by atoms with Crippen molar-refractivity contribution in [3.05, 3.63) is 78.4 Å². The summed E-state index contributed by atoms with van der Waals surface area (Å²) in [5.41, 5.74) is 3.28. The molecule has 3 aromatic carbocycles. The van der Waals surface area contributed by atoms with Gasteiger partial charge in [-0.15, -0.1) is 0 Å². The SMILES string of the molecule is CCOc1ccc(NS(=O)(=O)c2ccc(NC(=S)Nc3ccc(C(C)C)cc3)cc2)cc1. The monoisotopic (exact) mass is 469 g/mol. The van der Waals surface area contributed by atoms with Crippen molar-refractivity contribution in [2.24, 2.45) is 0 Å². The Hall–Kier alpha value is -3.10. The number of hydrogen-bond acceptors (Lipinski definition) is 4. The van der Waals surface area contributed by atoms with Gasteiger partial charge >= 0.3 is 0 Å². The second-order valence-corrected chi connectivity index (χ2v) is 9.53. The zero-order valence-corrected chi connectivity index (χ0v) is 19.9. The quantitative estimate of drug-likeness (QED) is 0.361. The summed E-state index contributed by atoms with van der Waals surface area (Å²) in [5, 5.41) is 6.61. The number of sulfonamides is 1. The topological polar surface area (TPSA) is 79.5 Å². The van der Waals surface area contributed by atoms with E-state index in [2.05, 4.69) is 41.3 Å². The van der Waals surface area contributed by atoms with Crippen LogP contribution in [0.4, 0.5) is 17.1 Å². The first-order chi connectivity index (χ1) is 15.3. The highest BCUT2D eigenvalue weighted by atomic mass is 32.2. The van der Waals surface area contributed by atoms with E-state index in [4.69, 9.17) is 17.0 Å². The molecule has 0 fully saturated rings. The van der Waals surface area contributed by atoms with Crippen molar-refractivity contribution in [3.8, 4) is 5.75 Å². The molecule has 0 aliphatic carbocycles. The van der Waals surface area contributed by atoms with Crippen LogP contribution in [-0.4, -0.2) is 20.1 Å². The van der Waals surface area contributed by atoms with E-state index in [-0.39, 0.29) is 4.90 Å². The van der Waals surface area contributed by atoms with E-state index in [1.807, 2.05) is 19.1 Å². The van der Waals surface area contributed by atoms with Crippen molar-refractivity contribution in [2.45, 2.75) is 31.6 Å². The highest BCUT2D eigenvalue weighted by Gasteiger charge is 2.14. The number of ether oxygens (including phenoxy) is 1. The van der Waals surface area contributed by atoms with E-state index in [1.54, 1.807) is 36.4 Å². The number of hydrogen-bond donors (Lipinski definition) is 3. The summed E-state index contributed by atoms with van der Waals surface area (Å²) < 4.78 is 33.3. The molecule has 0 amide bonds. The van der Waals surface area contributed by atoms with Crippen LogP contribution in [0.25, 0.3) is 0 Å². The van der Waals surface area contributed by atoms with Crippen molar-refractivity contribution >= 4 is 44.4 Å². The van der Waals surface area contributed by atoms with Gasteiger partial charge in [0.15, 0.2) is 5.11 Å². The third kappa shape index (κ3) is 6.45. The van der Waals surface area contributed by atoms with Gasteiger partial charge in [0.2, 0.25) is 0 Å². The molecule has 0 radical (unpaired) electrons. The van der Waals surface area contributed by atoms with Crippen LogP contribution in [0.1, 0.15) is 32.3 Å². The van der Waals surface area contributed by atoms with E-state index >= 15 is 0 Å². The van der Waals surface area contributed by atoms with Gasteiger partial charge in [-0.2, -0.15) is 0 Å². The lowest BCUT2D eigenvalue weighted by molar-refractivity contribution is 0.340. The summed E-state index contributed by atoms with van der Waals surface area (Å²) in [4.78, 5) is 0.153. The summed E-state index contributed by atoms with van der Waals surface area (Å²) in [5.74, 6) is 1.15. The number of nitrogens with one attached hydrogen (secondary N) is 3. The maximum atomic E-state index is 12.7. The molecule has 0 aliphatic rings. The van der Waals surface area contributed by atoms with Gasteiger partial charge in [0.05, 0.1) is 11.5 Å². The standard InChI is InChI=1S/C24H27N3O3S2/c1-4-30-22-13-9-21(10-14-22)27-32(28,29)23-15-11-20(12-16-23)26-24(31)25-19-7-5-18(6-8-19)17(2)3/h5-17,27H,4H2,1-3H3,(H2,25,26,31). The largest absolute Gasteiger partial charge is 0.494 e. The maximum absolute atomic E-state index is 12.7. The fraction of sp³-hybridized carbons (Fsp3) is 0.208. The molecule has 3 rings (SSSR count). The first-order valence-electron chi connectivity index (χ1n) is 10.3. The van der Waals surface area contributed by atoms with Gasteiger partial charge in [-0.3, -0.25) is 4.72 Å². The highest BCUT2D eigenvalue weighted by Crippen LogP contribution is 2.21. The molecule has 0 heterocycles. The molecular weight excluding hydrogens is 442 g/mol. The Morgan fingerprint density at radius 1 is 0.844 bits per heavy atom. The maximum Gasteiger partial charge on any atom is 0.261 e. The highest BCUT2D eigenvalue weighted by molar-refractivity contribution is 7.92. The van der Waals surface area contributed by atoms with Gasteiger partial charge in [-0.1, -0.05) is 26.0 Å². The van der Waals surface area contributed by atoms with Crippen molar-refractivity contribution in [1.82, 2.24) is 0 Å². The molecule has 168 valence electrons. The Balaban J connectivity index is 1.60. The van der Waals surface area contributed by atoms with E-state index in [1.165, 1.54) is 17.7 Å². The summed E-state index contributed by atoms with van der Waals surface area (Å²) >= 11 is 5.36. The van der Waals surface area contributed by atoms with Crippen molar-refractivity contribution in [2.75, 3.05) is 22.0 Å². The lowest BCUT2D eigenvalue weighted by atomic mass is 10.0. The lowest BCUT2D eigenvalue weighted by Crippen LogP contribution is -2.19. The first-order valence-corrected chi connectivity index (χ1v) is 12.2. The Bertz CT molecular complexity index is 1140. The predicted molar refractivity (Wildman–Crippen MR) is 135 cm³/mol. The third-order valence-electron chi connectivity index (χ3n) is 4.68. The minimum Gasteiger partial charge on any atom is -0.494 e. The number of benzene rings is 3. The zero-order chi connectivity index (χ0) is 23.1. The molecule has 6 nitrogen and oxygen atoms in total. The average Bonchev–Trinajstić information content (AvgIpc) is 2.76. The molecule has 0 spiro atoms. The second-order valence-electron chi connectivity index (χ2n) is 7.44. The molecule has 0 atom stereocenters. The summed E-state index contributed by atoms with van der Waals surface area (Å²) in [6.45, 7) is 6.73. The van der Waals surface area contributed by atoms with E-state index in [0.29, 0.717) is 34.8 Å². The zero-order valence-electron chi connectivity index (χ0n) is 18.3. The predicted octanol–water partition coefficient (Wildman–Crippen LogP) is 5.82. The number of anilines is 3. The van der Waals surface area contributed by atoms with Gasteiger partial charge in [-0.05, 0) is 91.3 Å². The van der Waals surface area contributed by atoms with Crippen LogP contribution in [0.2, 0.25) is 0 Å². The molecule has 3 aromatic rings. The fourth-order valence-electron chi connectivity index (χ4n) is 2.96. The second kappa shape index (κ2) is 10.5. The Morgan fingerprint density at radius 3 is 1.84 bits per heavy atom. The van der Waals surface area contributed by atoms with Crippen LogP contribution in [-0.2, 0) is 10.0 Å². The van der Waals surface area contributed by atoms with Crippen LogP contribution in [0, 0.1) is 0 Å². The molecule has 0 bridgehead atoms. The molecule has 0 saturated heterocycles. The van der Waals surface area contributed by atoms with Crippen LogP contribution in [0.5, 0.6) is 5.75 Å². The molecule has 0 aromatic heterocycles. The van der Waals surface area contributed by atoms with Gasteiger partial charge in [0.1, 0.15) is 5.75 Å². The molecule has 3 N–H and O–H groups in total. The van der Waals surface area contributed by atoms with E-state index in [0.717, 1.165) is 5.69 Å². The van der Waals surface area contributed by atoms with Gasteiger partial charge < -0.3 is 15.4 Å². The minimum absolute atomic E-state index is 0.153. The number of rotatable bonds is 8. The van der Waals surface area contributed by atoms with Crippen LogP contribution < -0.4 is 20.1 Å². The van der Waals surface area contributed by atoms with E-state index in [9.17, 15) is 8.42 Å². The Labute approximate surface area is 195 Å².